The van der Waals surface area contributed by atoms with Gasteiger partial charge in [0.05, 0.1) is 16.2 Å². The van der Waals surface area contributed by atoms with Crippen LogP contribution < -0.4 is 0 Å². The fourth-order valence-corrected chi connectivity index (χ4v) is 4.14. The topological polar surface area (TPSA) is 46.7 Å². The zero-order valence-electron chi connectivity index (χ0n) is 10.1. The molecule has 17 heavy (non-hydrogen) atoms. The minimum absolute atomic E-state index is 0.0955. The Balaban J connectivity index is 2.03. The Morgan fingerprint density at radius 2 is 2.06 bits per heavy atom. The van der Waals surface area contributed by atoms with Crippen LogP contribution >= 0.6 is 0 Å². The van der Waals surface area contributed by atoms with E-state index in [2.05, 4.69) is 0 Å². The van der Waals surface area contributed by atoms with Crippen LogP contribution in [-0.2, 0) is 21.0 Å². The lowest BCUT2D eigenvalue weighted by Gasteiger charge is -2.16. The van der Waals surface area contributed by atoms with Crippen LogP contribution in [0.15, 0.2) is 23.1 Å². The Kier molecular flexibility index (Phi) is 2.20. The molecule has 3 rings (SSSR count). The van der Waals surface area contributed by atoms with Crippen LogP contribution in [-0.4, -0.2) is 19.8 Å². The number of aryl methyl sites for hydroxylation is 1. The minimum Gasteiger partial charge on any atom is -0.362 e. The third-order valence-corrected chi connectivity index (χ3v) is 5.47. The van der Waals surface area contributed by atoms with Gasteiger partial charge in [-0.2, -0.15) is 0 Å². The highest BCUT2D eigenvalue weighted by Gasteiger charge is 2.49. The van der Waals surface area contributed by atoms with Gasteiger partial charge < -0.3 is 4.74 Å². The zero-order chi connectivity index (χ0) is 12.3. The quantitative estimate of drug-likeness (QED) is 0.720. The molecule has 1 aromatic carbocycles. The number of benzene rings is 1. The third kappa shape index (κ3) is 1.79. The Labute approximate surface area is 102 Å². The maximum atomic E-state index is 11.9. The van der Waals surface area contributed by atoms with Crippen LogP contribution in [0, 0.1) is 0 Å². The van der Waals surface area contributed by atoms with Crippen molar-refractivity contribution in [2.24, 2.45) is 0 Å². The summed E-state index contributed by atoms with van der Waals surface area (Å²) >= 11 is 0. The number of fused-ring (bicyclic) bond motifs is 1. The van der Waals surface area contributed by atoms with Crippen LogP contribution in [0.5, 0.6) is 0 Å². The fourth-order valence-electron chi connectivity index (χ4n) is 2.56. The van der Waals surface area contributed by atoms with Gasteiger partial charge in [0.1, 0.15) is 6.10 Å². The van der Waals surface area contributed by atoms with E-state index >= 15 is 0 Å². The van der Waals surface area contributed by atoms with Gasteiger partial charge in [-0.25, -0.2) is 8.42 Å². The first-order valence-electron chi connectivity index (χ1n) is 5.93. The van der Waals surface area contributed by atoms with Crippen molar-refractivity contribution in [3.05, 3.63) is 29.3 Å². The van der Waals surface area contributed by atoms with E-state index in [-0.39, 0.29) is 17.5 Å². The molecule has 0 saturated carbocycles. The van der Waals surface area contributed by atoms with Gasteiger partial charge in [-0.05, 0) is 43.9 Å². The normalized spacial score (nSPS) is 28.5. The monoisotopic (exact) mass is 252 g/mol. The predicted molar refractivity (Wildman–Crippen MR) is 64.7 cm³/mol. The van der Waals surface area contributed by atoms with Crippen molar-refractivity contribution in [1.82, 2.24) is 0 Å². The second-order valence-corrected chi connectivity index (χ2v) is 7.47. The average Bonchev–Trinajstić information content (AvgIpc) is 2.87. The van der Waals surface area contributed by atoms with E-state index in [1.807, 2.05) is 26.0 Å². The maximum Gasteiger partial charge on any atom is 0.178 e. The molecule has 0 spiro atoms. The van der Waals surface area contributed by atoms with Gasteiger partial charge in [-0.15, -0.1) is 0 Å². The lowest BCUT2D eigenvalue weighted by molar-refractivity contribution is 0.325. The summed E-state index contributed by atoms with van der Waals surface area (Å²) in [6.45, 7) is 4.10. The number of ether oxygens (including phenoxy) is 1. The minimum atomic E-state index is -3.03. The van der Waals surface area contributed by atoms with Gasteiger partial charge in [0.25, 0.3) is 0 Å². The molecule has 0 aromatic heterocycles. The van der Waals surface area contributed by atoms with Gasteiger partial charge in [0, 0.05) is 0 Å². The summed E-state index contributed by atoms with van der Waals surface area (Å²) in [6, 6.07) is 5.64. The predicted octanol–water partition coefficient (Wildman–Crippen LogP) is 2.26. The molecule has 2 aliphatic rings. The van der Waals surface area contributed by atoms with E-state index < -0.39 is 9.84 Å². The van der Waals surface area contributed by atoms with Crippen LogP contribution in [0.2, 0.25) is 0 Å². The molecular formula is C13H16O3S. The SMILES string of the molecule is CC1(C)OC1c1ccc2c(c1)CCCS2(=O)=O. The van der Waals surface area contributed by atoms with Crippen LogP contribution in [0.1, 0.15) is 37.5 Å². The Bertz CT molecular complexity index is 572. The molecular weight excluding hydrogens is 236 g/mol. The summed E-state index contributed by atoms with van der Waals surface area (Å²) in [7, 11) is -3.03. The molecule has 1 unspecified atom stereocenters. The van der Waals surface area contributed by atoms with Crippen LogP contribution in [0.4, 0.5) is 0 Å². The number of sulfone groups is 1. The second kappa shape index (κ2) is 3.33. The number of hydrogen-bond donors (Lipinski definition) is 0. The smallest absolute Gasteiger partial charge is 0.178 e. The van der Waals surface area contributed by atoms with Crippen molar-refractivity contribution < 1.29 is 13.2 Å². The molecule has 0 bridgehead atoms. The first-order chi connectivity index (χ1) is 7.90. The van der Waals surface area contributed by atoms with Gasteiger partial charge in [-0.1, -0.05) is 12.1 Å². The third-order valence-electron chi connectivity index (χ3n) is 3.58. The van der Waals surface area contributed by atoms with Crippen LogP contribution in [0.3, 0.4) is 0 Å². The molecule has 3 nitrogen and oxygen atoms in total. The van der Waals surface area contributed by atoms with Gasteiger partial charge in [0.15, 0.2) is 9.84 Å². The second-order valence-electron chi connectivity index (χ2n) is 5.39. The summed E-state index contributed by atoms with van der Waals surface area (Å²) in [5.74, 6) is 0.283. The lowest BCUT2D eigenvalue weighted by atomic mass is 9.99. The summed E-state index contributed by atoms with van der Waals surface area (Å²) in [5.41, 5.74) is 1.97. The molecule has 4 heteroatoms. The average molecular weight is 252 g/mol. The number of epoxide rings is 1. The summed E-state index contributed by atoms with van der Waals surface area (Å²) in [5, 5.41) is 0. The Morgan fingerprint density at radius 1 is 1.35 bits per heavy atom. The maximum absolute atomic E-state index is 11.9. The van der Waals surface area contributed by atoms with E-state index in [4.69, 9.17) is 4.74 Å². The van der Waals surface area contributed by atoms with Crippen molar-refractivity contribution in [2.45, 2.75) is 43.3 Å². The fraction of sp³-hybridized carbons (Fsp3) is 0.538. The number of rotatable bonds is 1. The van der Waals surface area contributed by atoms with Crippen molar-refractivity contribution in [1.29, 1.82) is 0 Å². The first-order valence-corrected chi connectivity index (χ1v) is 7.59. The van der Waals surface area contributed by atoms with Gasteiger partial charge in [0.2, 0.25) is 0 Å². The molecule has 1 saturated heterocycles. The lowest BCUT2D eigenvalue weighted by Crippen LogP contribution is -2.16. The van der Waals surface area contributed by atoms with E-state index in [1.165, 1.54) is 0 Å². The van der Waals surface area contributed by atoms with Crippen LogP contribution in [0.25, 0.3) is 0 Å². The molecule has 1 fully saturated rings. The molecule has 0 radical (unpaired) electrons. The van der Waals surface area contributed by atoms with E-state index in [9.17, 15) is 8.42 Å². The molecule has 0 N–H and O–H groups in total. The standard InChI is InChI=1S/C13H16O3S/c1-13(2)12(16-13)10-5-6-11-9(8-10)4-3-7-17(11,14)15/h5-6,8,12H,3-4,7H2,1-2H3. The van der Waals surface area contributed by atoms with E-state index in [1.54, 1.807) is 6.07 Å². The zero-order valence-corrected chi connectivity index (χ0v) is 10.9. The number of hydrogen-bond acceptors (Lipinski definition) is 3. The van der Waals surface area contributed by atoms with Crippen molar-refractivity contribution in [3.63, 3.8) is 0 Å². The summed E-state index contributed by atoms with van der Waals surface area (Å²) < 4.78 is 29.3. The molecule has 92 valence electrons. The highest BCUT2D eigenvalue weighted by molar-refractivity contribution is 7.91. The van der Waals surface area contributed by atoms with Gasteiger partial charge >= 0.3 is 0 Å². The molecule has 2 aliphatic heterocycles. The molecule has 0 aliphatic carbocycles. The van der Waals surface area contributed by atoms with Crippen molar-refractivity contribution in [3.8, 4) is 0 Å². The van der Waals surface area contributed by atoms with E-state index in [0.29, 0.717) is 4.90 Å². The molecule has 2 heterocycles. The summed E-state index contributed by atoms with van der Waals surface area (Å²) in [6.07, 6.45) is 1.71. The largest absolute Gasteiger partial charge is 0.362 e. The molecule has 0 amide bonds. The highest BCUT2D eigenvalue weighted by atomic mass is 32.2. The Hall–Kier alpha value is -0.870. The van der Waals surface area contributed by atoms with Crippen molar-refractivity contribution >= 4 is 9.84 Å². The Morgan fingerprint density at radius 3 is 2.71 bits per heavy atom. The van der Waals surface area contributed by atoms with Crippen molar-refractivity contribution in [2.75, 3.05) is 5.75 Å². The summed E-state index contributed by atoms with van der Waals surface area (Å²) in [4.78, 5) is 0.519. The van der Waals surface area contributed by atoms with Gasteiger partial charge in [-0.3, -0.25) is 0 Å². The molecule has 1 aromatic rings. The highest BCUT2D eigenvalue weighted by Crippen LogP contribution is 2.49. The van der Waals surface area contributed by atoms with E-state index in [0.717, 1.165) is 24.0 Å². The molecule has 1 atom stereocenters. The first kappa shape index (κ1) is 11.2.